The van der Waals surface area contributed by atoms with Crippen molar-refractivity contribution in [2.24, 2.45) is 0 Å². The number of hydrogen-bond donors (Lipinski definition) is 2. The Balaban J connectivity index is 0.000000173. The van der Waals surface area contributed by atoms with Crippen molar-refractivity contribution in [2.45, 2.75) is 0 Å². The van der Waals surface area contributed by atoms with Crippen LogP contribution in [-0.2, 0) is 0 Å². The molecular weight excluding hydrogens is 260 g/mol. The van der Waals surface area contributed by atoms with E-state index >= 15 is 0 Å². The number of nitrogens with zero attached hydrogens (tertiary/aromatic N) is 2. The summed E-state index contributed by atoms with van der Waals surface area (Å²) in [6, 6.07) is 17.4. The maximum atomic E-state index is 5.37. The smallest absolute Gasteiger partial charge is 0.0703 e. The van der Waals surface area contributed by atoms with Gasteiger partial charge >= 0.3 is 0 Å². The Morgan fingerprint density at radius 1 is 0.857 bits per heavy atom. The molecule has 4 N–H and O–H groups in total. The number of hydrogen-bond acceptors (Lipinski definition) is 4. The third kappa shape index (κ3) is 4.11. The maximum absolute atomic E-state index is 5.37. The van der Waals surface area contributed by atoms with Gasteiger partial charge in [-0.15, -0.1) is 0 Å². The van der Waals surface area contributed by atoms with E-state index in [0.29, 0.717) is 0 Å². The number of aromatic nitrogens is 1. The number of fused-ring (bicyclic) bond motifs is 1. The van der Waals surface area contributed by atoms with Gasteiger partial charge in [-0.3, -0.25) is 4.98 Å². The molecule has 3 rings (SSSR count). The second-order valence-electron chi connectivity index (χ2n) is 4.94. The van der Waals surface area contributed by atoms with Gasteiger partial charge in [-0.2, -0.15) is 0 Å². The molecule has 0 aliphatic rings. The SMILES string of the molecule is CN(C)c1ccc2ncccc2c1.Nc1ccc(N)cc1. The van der Waals surface area contributed by atoms with Crippen LogP contribution in [0.5, 0.6) is 0 Å². The molecule has 0 unspecified atom stereocenters. The predicted octanol–water partition coefficient (Wildman–Crippen LogP) is 3.15. The van der Waals surface area contributed by atoms with E-state index in [1.54, 1.807) is 24.3 Å². The van der Waals surface area contributed by atoms with Gasteiger partial charge in [0.1, 0.15) is 0 Å². The van der Waals surface area contributed by atoms with E-state index in [1.807, 2.05) is 32.4 Å². The summed E-state index contributed by atoms with van der Waals surface area (Å²) in [7, 11) is 4.08. The molecule has 1 aromatic heterocycles. The minimum atomic E-state index is 0.749. The fourth-order valence-electron chi connectivity index (χ4n) is 1.84. The van der Waals surface area contributed by atoms with Crippen LogP contribution in [0.3, 0.4) is 0 Å². The van der Waals surface area contributed by atoms with E-state index in [1.165, 1.54) is 11.1 Å². The molecule has 0 saturated heterocycles. The van der Waals surface area contributed by atoms with Crippen LogP contribution in [0.4, 0.5) is 17.1 Å². The highest BCUT2D eigenvalue weighted by atomic mass is 15.1. The first-order valence-corrected chi connectivity index (χ1v) is 6.69. The zero-order chi connectivity index (χ0) is 15.2. The van der Waals surface area contributed by atoms with Crippen LogP contribution in [0.1, 0.15) is 0 Å². The molecule has 0 aliphatic heterocycles. The van der Waals surface area contributed by atoms with Gasteiger partial charge in [0.2, 0.25) is 0 Å². The third-order valence-electron chi connectivity index (χ3n) is 3.04. The van der Waals surface area contributed by atoms with Crippen LogP contribution in [0.25, 0.3) is 10.9 Å². The molecule has 0 saturated carbocycles. The van der Waals surface area contributed by atoms with Crippen molar-refractivity contribution in [2.75, 3.05) is 30.5 Å². The topological polar surface area (TPSA) is 68.2 Å². The Hall–Kier alpha value is -2.75. The number of anilines is 3. The lowest BCUT2D eigenvalue weighted by Crippen LogP contribution is -2.08. The van der Waals surface area contributed by atoms with Crippen molar-refractivity contribution in [1.82, 2.24) is 4.98 Å². The molecule has 108 valence electrons. The molecule has 0 amide bonds. The van der Waals surface area contributed by atoms with E-state index in [9.17, 15) is 0 Å². The summed E-state index contributed by atoms with van der Waals surface area (Å²) in [5.74, 6) is 0. The monoisotopic (exact) mass is 280 g/mol. The Morgan fingerprint density at radius 3 is 2.05 bits per heavy atom. The van der Waals surface area contributed by atoms with Crippen LogP contribution < -0.4 is 16.4 Å². The first-order chi connectivity index (χ1) is 10.1. The van der Waals surface area contributed by atoms with Crippen LogP contribution in [0, 0.1) is 0 Å². The summed E-state index contributed by atoms with van der Waals surface area (Å²) in [5, 5.41) is 1.19. The minimum Gasteiger partial charge on any atom is -0.399 e. The highest BCUT2D eigenvalue weighted by molar-refractivity contribution is 5.82. The van der Waals surface area contributed by atoms with Crippen LogP contribution in [0.15, 0.2) is 60.8 Å². The molecule has 2 aromatic carbocycles. The van der Waals surface area contributed by atoms with E-state index in [2.05, 4.69) is 28.1 Å². The second-order valence-corrected chi connectivity index (χ2v) is 4.94. The second kappa shape index (κ2) is 6.61. The fraction of sp³-hybridized carbons (Fsp3) is 0.118. The van der Waals surface area contributed by atoms with E-state index < -0.39 is 0 Å². The summed E-state index contributed by atoms with van der Waals surface area (Å²) >= 11 is 0. The Labute approximate surface area is 125 Å². The van der Waals surface area contributed by atoms with Crippen molar-refractivity contribution in [3.05, 3.63) is 60.8 Å². The van der Waals surface area contributed by atoms with Crippen molar-refractivity contribution < 1.29 is 0 Å². The molecule has 0 aliphatic carbocycles. The van der Waals surface area contributed by atoms with E-state index in [-0.39, 0.29) is 0 Å². The Bertz CT molecular complexity index is 684. The van der Waals surface area contributed by atoms with Gasteiger partial charge < -0.3 is 16.4 Å². The standard InChI is InChI=1S/C11H12N2.C6H8N2/c1-13(2)10-5-6-11-9(8-10)4-3-7-12-11;7-5-1-2-6(8)4-3-5/h3-8H,1-2H3;1-4H,7-8H2. The molecule has 0 fully saturated rings. The molecule has 4 nitrogen and oxygen atoms in total. The lowest BCUT2D eigenvalue weighted by Gasteiger charge is -2.12. The van der Waals surface area contributed by atoms with Crippen LogP contribution in [-0.4, -0.2) is 19.1 Å². The number of nitrogen functional groups attached to an aromatic ring is 2. The fourth-order valence-corrected chi connectivity index (χ4v) is 1.84. The van der Waals surface area contributed by atoms with E-state index in [0.717, 1.165) is 16.9 Å². The van der Waals surface area contributed by atoms with Gasteiger partial charge in [0, 0.05) is 42.7 Å². The first-order valence-electron chi connectivity index (χ1n) is 6.69. The Morgan fingerprint density at radius 2 is 1.48 bits per heavy atom. The largest absolute Gasteiger partial charge is 0.399 e. The summed E-state index contributed by atoms with van der Waals surface area (Å²) < 4.78 is 0. The van der Waals surface area contributed by atoms with Crippen molar-refractivity contribution >= 4 is 28.0 Å². The number of rotatable bonds is 1. The molecular formula is C17H20N4. The predicted molar refractivity (Wildman–Crippen MR) is 91.3 cm³/mol. The quantitative estimate of drug-likeness (QED) is 0.672. The minimum absolute atomic E-state index is 0.749. The van der Waals surface area contributed by atoms with Gasteiger partial charge in [-0.25, -0.2) is 0 Å². The maximum Gasteiger partial charge on any atom is 0.0703 e. The van der Waals surface area contributed by atoms with Crippen molar-refractivity contribution in [3.8, 4) is 0 Å². The summed E-state index contributed by atoms with van der Waals surface area (Å²) in [5.41, 5.74) is 14.5. The number of benzene rings is 2. The lowest BCUT2D eigenvalue weighted by molar-refractivity contribution is 1.13. The molecule has 0 atom stereocenters. The third-order valence-corrected chi connectivity index (χ3v) is 3.04. The van der Waals surface area contributed by atoms with Crippen molar-refractivity contribution in [3.63, 3.8) is 0 Å². The van der Waals surface area contributed by atoms with Gasteiger partial charge in [0.25, 0.3) is 0 Å². The van der Waals surface area contributed by atoms with Crippen molar-refractivity contribution in [1.29, 1.82) is 0 Å². The molecule has 1 heterocycles. The molecule has 21 heavy (non-hydrogen) atoms. The van der Waals surface area contributed by atoms with Gasteiger partial charge in [-0.05, 0) is 48.5 Å². The van der Waals surface area contributed by atoms with Gasteiger partial charge in [-0.1, -0.05) is 6.07 Å². The van der Waals surface area contributed by atoms with Crippen LogP contribution >= 0.6 is 0 Å². The zero-order valence-electron chi connectivity index (χ0n) is 12.3. The average Bonchev–Trinajstić information content (AvgIpc) is 2.50. The molecule has 0 bridgehead atoms. The molecule has 0 radical (unpaired) electrons. The first kappa shape index (κ1) is 14.7. The van der Waals surface area contributed by atoms with E-state index in [4.69, 9.17) is 11.5 Å². The molecule has 4 heteroatoms. The average molecular weight is 280 g/mol. The molecule has 3 aromatic rings. The van der Waals surface area contributed by atoms with Crippen LogP contribution in [0.2, 0.25) is 0 Å². The normalized spacial score (nSPS) is 9.81. The van der Waals surface area contributed by atoms with Gasteiger partial charge in [0.05, 0.1) is 5.52 Å². The highest BCUT2D eigenvalue weighted by Gasteiger charge is 1.97. The zero-order valence-corrected chi connectivity index (χ0v) is 12.3. The number of pyridine rings is 1. The molecule has 0 spiro atoms. The Kier molecular flexibility index (Phi) is 4.61. The highest BCUT2D eigenvalue weighted by Crippen LogP contribution is 2.18. The summed E-state index contributed by atoms with van der Waals surface area (Å²) in [6.45, 7) is 0. The summed E-state index contributed by atoms with van der Waals surface area (Å²) in [4.78, 5) is 6.35. The number of nitrogens with two attached hydrogens (primary N) is 2. The van der Waals surface area contributed by atoms with Gasteiger partial charge in [0.15, 0.2) is 0 Å². The lowest BCUT2D eigenvalue weighted by atomic mass is 10.2. The summed E-state index contributed by atoms with van der Waals surface area (Å²) in [6.07, 6.45) is 1.82.